The third kappa shape index (κ3) is 3.05. The molecule has 16 heavy (non-hydrogen) atoms. The van der Waals surface area contributed by atoms with E-state index in [-0.39, 0.29) is 0 Å². The van der Waals surface area contributed by atoms with E-state index in [0.717, 1.165) is 22.7 Å². The number of hydrogen-bond acceptors (Lipinski definition) is 2. The first-order valence-corrected chi connectivity index (χ1v) is 6.77. The summed E-state index contributed by atoms with van der Waals surface area (Å²) in [5.41, 5.74) is 1.18. The molecule has 2 unspecified atom stereocenters. The quantitative estimate of drug-likeness (QED) is 0.898. The van der Waals surface area contributed by atoms with Gasteiger partial charge in [0.05, 0.1) is 0 Å². The van der Waals surface area contributed by atoms with Crippen molar-refractivity contribution in [3.8, 4) is 0 Å². The molecule has 88 valence electrons. The fourth-order valence-electron chi connectivity index (χ4n) is 2.25. The second kappa shape index (κ2) is 5.28. The Hall–Kier alpha value is -0.410. The largest absolute Gasteiger partial charge is 0.316 e. The number of nitrogens with one attached hydrogen (secondary N) is 1. The summed E-state index contributed by atoms with van der Waals surface area (Å²) < 4.78 is 1.05. The van der Waals surface area contributed by atoms with Gasteiger partial charge in [-0.25, -0.2) is 0 Å². The van der Waals surface area contributed by atoms with Crippen LogP contribution in [0.15, 0.2) is 22.8 Å². The van der Waals surface area contributed by atoms with Crippen molar-refractivity contribution < 1.29 is 0 Å². The SMILES string of the molecule is CNC(Cc1ccc(Br)cn1)C(C)C1CC1. The zero-order valence-corrected chi connectivity index (χ0v) is 11.5. The summed E-state index contributed by atoms with van der Waals surface area (Å²) in [6.45, 7) is 2.36. The summed E-state index contributed by atoms with van der Waals surface area (Å²) in [6, 6.07) is 4.73. The van der Waals surface area contributed by atoms with E-state index in [0.29, 0.717) is 6.04 Å². The van der Waals surface area contributed by atoms with E-state index in [1.165, 1.54) is 18.5 Å². The van der Waals surface area contributed by atoms with E-state index in [2.05, 4.69) is 52.3 Å². The molecular formula is C13H19BrN2. The number of likely N-dealkylation sites (N-methyl/N-ethyl adjacent to an activating group) is 1. The van der Waals surface area contributed by atoms with Gasteiger partial charge in [-0.15, -0.1) is 0 Å². The lowest BCUT2D eigenvalue weighted by atomic mass is 9.93. The van der Waals surface area contributed by atoms with Crippen LogP contribution >= 0.6 is 15.9 Å². The van der Waals surface area contributed by atoms with Crippen molar-refractivity contribution in [2.24, 2.45) is 11.8 Å². The lowest BCUT2D eigenvalue weighted by molar-refractivity contribution is 0.355. The predicted molar refractivity (Wildman–Crippen MR) is 70.4 cm³/mol. The van der Waals surface area contributed by atoms with E-state index in [1.54, 1.807) is 0 Å². The van der Waals surface area contributed by atoms with Crippen molar-refractivity contribution in [3.63, 3.8) is 0 Å². The van der Waals surface area contributed by atoms with Crippen LogP contribution in [0.4, 0.5) is 0 Å². The molecule has 1 aliphatic carbocycles. The van der Waals surface area contributed by atoms with Gasteiger partial charge in [-0.2, -0.15) is 0 Å². The molecule has 2 atom stereocenters. The second-order valence-electron chi connectivity index (χ2n) is 4.76. The van der Waals surface area contributed by atoms with Crippen molar-refractivity contribution in [2.45, 2.75) is 32.2 Å². The highest BCUT2D eigenvalue weighted by molar-refractivity contribution is 9.10. The Labute approximate surface area is 106 Å². The normalized spacial score (nSPS) is 19.4. The first-order chi connectivity index (χ1) is 7.70. The average molecular weight is 283 g/mol. The maximum Gasteiger partial charge on any atom is 0.0420 e. The number of nitrogens with zero attached hydrogens (tertiary/aromatic N) is 1. The van der Waals surface area contributed by atoms with Crippen LogP contribution in [0.2, 0.25) is 0 Å². The summed E-state index contributed by atoms with van der Waals surface area (Å²) in [5.74, 6) is 1.70. The molecule has 3 heteroatoms. The predicted octanol–water partition coefficient (Wildman–Crippen LogP) is 3.02. The van der Waals surface area contributed by atoms with Gasteiger partial charge in [0.2, 0.25) is 0 Å². The van der Waals surface area contributed by atoms with Gasteiger partial charge in [0.15, 0.2) is 0 Å². The highest BCUT2D eigenvalue weighted by Crippen LogP contribution is 2.38. The van der Waals surface area contributed by atoms with Gasteiger partial charge in [0.1, 0.15) is 0 Å². The molecule has 0 bridgehead atoms. The molecule has 0 aromatic carbocycles. The van der Waals surface area contributed by atoms with Crippen LogP contribution in [0.1, 0.15) is 25.5 Å². The van der Waals surface area contributed by atoms with Gasteiger partial charge in [0, 0.05) is 28.8 Å². The van der Waals surface area contributed by atoms with Crippen molar-refractivity contribution in [1.82, 2.24) is 10.3 Å². The monoisotopic (exact) mass is 282 g/mol. The zero-order chi connectivity index (χ0) is 11.5. The zero-order valence-electron chi connectivity index (χ0n) is 9.91. The number of halogens is 1. The number of hydrogen-bond donors (Lipinski definition) is 1. The lowest BCUT2D eigenvalue weighted by Gasteiger charge is -2.23. The Morgan fingerprint density at radius 3 is 2.75 bits per heavy atom. The molecule has 2 nitrogen and oxygen atoms in total. The molecule has 0 radical (unpaired) electrons. The maximum absolute atomic E-state index is 4.44. The topological polar surface area (TPSA) is 24.9 Å². The molecule has 0 aliphatic heterocycles. The molecule has 0 amide bonds. The highest BCUT2D eigenvalue weighted by Gasteiger charge is 2.32. The third-order valence-corrected chi connectivity index (χ3v) is 4.06. The number of rotatable bonds is 5. The van der Waals surface area contributed by atoms with Crippen LogP contribution in [0, 0.1) is 11.8 Å². The van der Waals surface area contributed by atoms with Gasteiger partial charge < -0.3 is 5.32 Å². The van der Waals surface area contributed by atoms with E-state index in [1.807, 2.05) is 6.20 Å². The van der Waals surface area contributed by atoms with Gasteiger partial charge in [-0.3, -0.25) is 4.98 Å². The van der Waals surface area contributed by atoms with Crippen molar-refractivity contribution in [1.29, 1.82) is 0 Å². The lowest BCUT2D eigenvalue weighted by Crippen LogP contribution is -2.35. The minimum atomic E-state index is 0.557. The van der Waals surface area contributed by atoms with E-state index < -0.39 is 0 Å². The van der Waals surface area contributed by atoms with Crippen LogP contribution < -0.4 is 5.32 Å². The van der Waals surface area contributed by atoms with Crippen LogP contribution in [0.25, 0.3) is 0 Å². The molecule has 1 saturated carbocycles. The molecular weight excluding hydrogens is 264 g/mol. The Balaban J connectivity index is 1.97. The molecule has 1 N–H and O–H groups in total. The minimum Gasteiger partial charge on any atom is -0.316 e. The molecule has 1 heterocycles. The average Bonchev–Trinajstić information content (AvgIpc) is 3.11. The maximum atomic E-state index is 4.44. The highest BCUT2D eigenvalue weighted by atomic mass is 79.9. The van der Waals surface area contributed by atoms with Gasteiger partial charge >= 0.3 is 0 Å². The molecule has 0 saturated heterocycles. The van der Waals surface area contributed by atoms with Crippen LogP contribution in [0.3, 0.4) is 0 Å². The van der Waals surface area contributed by atoms with E-state index in [4.69, 9.17) is 0 Å². The summed E-state index contributed by atoms with van der Waals surface area (Å²) >= 11 is 3.41. The smallest absolute Gasteiger partial charge is 0.0420 e. The summed E-state index contributed by atoms with van der Waals surface area (Å²) in [6.07, 6.45) is 5.73. The third-order valence-electron chi connectivity index (χ3n) is 3.59. The Morgan fingerprint density at radius 2 is 2.25 bits per heavy atom. The Morgan fingerprint density at radius 1 is 1.50 bits per heavy atom. The summed E-state index contributed by atoms with van der Waals surface area (Å²) in [4.78, 5) is 4.44. The minimum absolute atomic E-state index is 0.557. The molecule has 0 spiro atoms. The van der Waals surface area contributed by atoms with Gasteiger partial charge in [-0.05, 0) is 59.8 Å². The first kappa shape index (κ1) is 12.1. The second-order valence-corrected chi connectivity index (χ2v) is 5.68. The molecule has 1 aromatic rings. The first-order valence-electron chi connectivity index (χ1n) is 5.98. The summed E-state index contributed by atoms with van der Waals surface area (Å²) in [7, 11) is 2.06. The Bertz CT molecular complexity index is 332. The fraction of sp³-hybridized carbons (Fsp3) is 0.615. The molecule has 1 fully saturated rings. The molecule has 1 aliphatic rings. The number of pyridine rings is 1. The molecule has 1 aromatic heterocycles. The van der Waals surface area contributed by atoms with Crippen molar-refractivity contribution in [2.75, 3.05) is 7.05 Å². The van der Waals surface area contributed by atoms with Crippen LogP contribution in [0.5, 0.6) is 0 Å². The standard InChI is InChI=1S/C13H19BrN2/c1-9(10-3-4-10)13(15-2)7-12-6-5-11(14)8-16-12/h5-6,8-10,13,15H,3-4,7H2,1-2H3. The van der Waals surface area contributed by atoms with Crippen LogP contribution in [-0.4, -0.2) is 18.1 Å². The van der Waals surface area contributed by atoms with Gasteiger partial charge in [-0.1, -0.05) is 6.92 Å². The number of aromatic nitrogens is 1. The van der Waals surface area contributed by atoms with Crippen molar-refractivity contribution >= 4 is 15.9 Å². The van der Waals surface area contributed by atoms with E-state index >= 15 is 0 Å². The molecule has 2 rings (SSSR count). The summed E-state index contributed by atoms with van der Waals surface area (Å²) in [5, 5.41) is 3.43. The van der Waals surface area contributed by atoms with E-state index in [9.17, 15) is 0 Å². The fourth-order valence-corrected chi connectivity index (χ4v) is 2.49. The van der Waals surface area contributed by atoms with Crippen LogP contribution in [-0.2, 0) is 6.42 Å². The van der Waals surface area contributed by atoms with Gasteiger partial charge in [0.25, 0.3) is 0 Å². The Kier molecular flexibility index (Phi) is 3.98. The van der Waals surface area contributed by atoms with Crippen molar-refractivity contribution in [3.05, 3.63) is 28.5 Å².